The van der Waals surface area contributed by atoms with Crippen LogP contribution >= 0.6 is 11.6 Å². The highest BCUT2D eigenvalue weighted by molar-refractivity contribution is 6.46. The first-order valence-corrected chi connectivity index (χ1v) is 12.1. The molecular formula is C27H28ClN3O4. The molecule has 0 bridgehead atoms. The number of aromatic nitrogens is 2. The molecule has 8 heteroatoms. The Morgan fingerprint density at radius 3 is 2.69 bits per heavy atom. The number of rotatable bonds is 10. The molecule has 0 saturated carbocycles. The fourth-order valence-corrected chi connectivity index (χ4v) is 4.40. The number of ether oxygens (including phenoxy) is 1. The number of Topliss-reactive ketones (excluding diaryl/α,β-unsaturated/α-hetero) is 1. The third kappa shape index (κ3) is 5.57. The summed E-state index contributed by atoms with van der Waals surface area (Å²) >= 11 is 6.25. The lowest BCUT2D eigenvalue weighted by molar-refractivity contribution is -0.139. The number of aliphatic hydroxyl groups is 1. The monoisotopic (exact) mass is 493 g/mol. The fourth-order valence-electron chi connectivity index (χ4n) is 4.20. The van der Waals surface area contributed by atoms with Gasteiger partial charge < -0.3 is 19.3 Å². The van der Waals surface area contributed by atoms with Crippen molar-refractivity contribution < 1.29 is 19.4 Å². The predicted octanol–water partition coefficient (Wildman–Crippen LogP) is 5.23. The summed E-state index contributed by atoms with van der Waals surface area (Å²) in [5.41, 5.74) is 1.13. The molecule has 3 aromatic rings. The van der Waals surface area contributed by atoms with Gasteiger partial charge >= 0.3 is 0 Å². The molecule has 1 aliphatic rings. The molecule has 1 aromatic heterocycles. The number of nitrogens with zero attached hydrogens (tertiary/aromatic N) is 3. The van der Waals surface area contributed by atoms with E-state index in [4.69, 9.17) is 16.3 Å². The Labute approximate surface area is 209 Å². The first kappa shape index (κ1) is 24.5. The zero-order valence-corrected chi connectivity index (χ0v) is 20.3. The summed E-state index contributed by atoms with van der Waals surface area (Å²) in [4.78, 5) is 31.9. The summed E-state index contributed by atoms with van der Waals surface area (Å²) < 4.78 is 7.68. The van der Waals surface area contributed by atoms with Gasteiger partial charge in [-0.15, -0.1) is 0 Å². The Morgan fingerprint density at radius 1 is 1.11 bits per heavy atom. The molecule has 1 fully saturated rings. The van der Waals surface area contributed by atoms with Gasteiger partial charge in [0.15, 0.2) is 0 Å². The molecule has 182 valence electrons. The molecule has 2 aromatic carbocycles. The molecule has 0 radical (unpaired) electrons. The number of likely N-dealkylation sites (tertiary alicyclic amines) is 1. The van der Waals surface area contributed by atoms with E-state index in [0.29, 0.717) is 48.0 Å². The Kier molecular flexibility index (Phi) is 7.87. The van der Waals surface area contributed by atoms with Crippen molar-refractivity contribution in [2.24, 2.45) is 0 Å². The summed E-state index contributed by atoms with van der Waals surface area (Å²) in [7, 11) is 0. The third-order valence-electron chi connectivity index (χ3n) is 5.95. The van der Waals surface area contributed by atoms with Gasteiger partial charge in [-0.3, -0.25) is 9.59 Å². The van der Waals surface area contributed by atoms with E-state index < -0.39 is 17.7 Å². The average molecular weight is 494 g/mol. The predicted molar refractivity (Wildman–Crippen MR) is 134 cm³/mol. The van der Waals surface area contributed by atoms with Gasteiger partial charge in [-0.05, 0) is 42.7 Å². The van der Waals surface area contributed by atoms with Crippen LogP contribution in [0.25, 0.3) is 5.76 Å². The molecular weight excluding hydrogens is 466 g/mol. The van der Waals surface area contributed by atoms with E-state index in [9.17, 15) is 14.7 Å². The number of unbranched alkanes of at least 4 members (excludes halogenated alkanes) is 1. The van der Waals surface area contributed by atoms with Crippen LogP contribution in [0.1, 0.15) is 43.4 Å². The van der Waals surface area contributed by atoms with Gasteiger partial charge in [0.05, 0.1) is 24.5 Å². The highest BCUT2D eigenvalue weighted by Gasteiger charge is 2.45. The summed E-state index contributed by atoms with van der Waals surface area (Å²) in [5.74, 6) is -0.993. The van der Waals surface area contributed by atoms with Crippen LogP contribution in [0.2, 0.25) is 5.02 Å². The highest BCUT2D eigenvalue weighted by Crippen LogP contribution is 2.40. The molecule has 35 heavy (non-hydrogen) atoms. The zero-order valence-electron chi connectivity index (χ0n) is 19.6. The maximum absolute atomic E-state index is 13.2. The van der Waals surface area contributed by atoms with E-state index in [0.717, 1.165) is 12.8 Å². The zero-order chi connectivity index (χ0) is 24.8. The molecule has 1 amide bonds. The number of hydrogen-bond donors (Lipinski definition) is 1. The van der Waals surface area contributed by atoms with E-state index in [-0.39, 0.29) is 11.3 Å². The highest BCUT2D eigenvalue weighted by atomic mass is 35.5. The molecule has 1 unspecified atom stereocenters. The van der Waals surface area contributed by atoms with E-state index in [2.05, 4.69) is 11.9 Å². The van der Waals surface area contributed by atoms with Gasteiger partial charge in [0.2, 0.25) is 0 Å². The number of imidazole rings is 1. The molecule has 0 aliphatic carbocycles. The lowest BCUT2D eigenvalue weighted by atomic mass is 9.95. The summed E-state index contributed by atoms with van der Waals surface area (Å²) in [6.07, 6.45) is 7.77. The van der Waals surface area contributed by atoms with E-state index in [1.807, 2.05) is 16.8 Å². The molecule has 1 atom stereocenters. The number of hydrogen-bond acceptors (Lipinski definition) is 5. The SMILES string of the molecule is CCCCOc1cccc(C(O)=C2C(=O)C(=O)N(CCCn3ccnc3)C2c2cccc(Cl)c2)c1. The van der Waals surface area contributed by atoms with Crippen LogP contribution < -0.4 is 4.74 Å². The first-order valence-electron chi connectivity index (χ1n) is 11.7. The molecule has 1 saturated heterocycles. The van der Waals surface area contributed by atoms with Crippen molar-refractivity contribution in [2.45, 2.75) is 38.8 Å². The van der Waals surface area contributed by atoms with Crippen molar-refractivity contribution in [3.63, 3.8) is 0 Å². The van der Waals surface area contributed by atoms with E-state index in [1.54, 1.807) is 55.0 Å². The molecule has 0 spiro atoms. The molecule has 2 heterocycles. The van der Waals surface area contributed by atoms with Crippen molar-refractivity contribution >= 4 is 29.1 Å². The normalized spacial score (nSPS) is 17.2. The number of carbonyl (C=O) groups excluding carboxylic acids is 2. The molecule has 1 aliphatic heterocycles. The van der Waals surface area contributed by atoms with Crippen molar-refractivity contribution in [1.82, 2.24) is 14.5 Å². The quantitative estimate of drug-likeness (QED) is 0.181. The number of aliphatic hydroxyl groups excluding tert-OH is 1. The second-order valence-electron chi connectivity index (χ2n) is 8.43. The molecule has 1 N–H and O–H groups in total. The van der Waals surface area contributed by atoms with Crippen molar-refractivity contribution in [1.29, 1.82) is 0 Å². The van der Waals surface area contributed by atoms with Crippen molar-refractivity contribution in [3.8, 4) is 5.75 Å². The van der Waals surface area contributed by atoms with Gasteiger partial charge in [-0.2, -0.15) is 0 Å². The minimum atomic E-state index is -0.749. The fraction of sp³-hybridized carbons (Fsp3) is 0.296. The van der Waals surface area contributed by atoms with Crippen molar-refractivity contribution in [3.05, 3.63) is 89.0 Å². The van der Waals surface area contributed by atoms with Gasteiger partial charge in [-0.25, -0.2) is 4.98 Å². The largest absolute Gasteiger partial charge is 0.507 e. The number of benzene rings is 2. The summed E-state index contributed by atoms with van der Waals surface area (Å²) in [6, 6.07) is 13.2. The van der Waals surface area contributed by atoms with Crippen LogP contribution in [0, 0.1) is 0 Å². The number of amides is 1. The van der Waals surface area contributed by atoms with Crippen molar-refractivity contribution in [2.75, 3.05) is 13.2 Å². The minimum absolute atomic E-state index is 0.0469. The van der Waals surface area contributed by atoms with Gasteiger partial charge in [0, 0.05) is 36.1 Å². The topological polar surface area (TPSA) is 84.7 Å². The van der Waals surface area contributed by atoms with E-state index in [1.165, 1.54) is 4.90 Å². The number of halogens is 1. The summed E-state index contributed by atoms with van der Waals surface area (Å²) in [6.45, 7) is 3.61. The lowest BCUT2D eigenvalue weighted by Gasteiger charge is -2.25. The third-order valence-corrected chi connectivity index (χ3v) is 6.19. The van der Waals surface area contributed by atoms with Gasteiger partial charge in [0.1, 0.15) is 11.5 Å². The number of ketones is 1. The average Bonchev–Trinajstić information content (AvgIpc) is 3.46. The Morgan fingerprint density at radius 2 is 1.94 bits per heavy atom. The minimum Gasteiger partial charge on any atom is -0.507 e. The first-order chi connectivity index (χ1) is 17.0. The van der Waals surface area contributed by atoms with Crippen LogP contribution in [0.4, 0.5) is 0 Å². The van der Waals surface area contributed by atoms with E-state index >= 15 is 0 Å². The lowest BCUT2D eigenvalue weighted by Crippen LogP contribution is -2.31. The molecule has 4 rings (SSSR count). The Balaban J connectivity index is 1.69. The van der Waals surface area contributed by atoms with Crippen LogP contribution in [-0.2, 0) is 16.1 Å². The Bertz CT molecular complexity index is 1220. The Hall–Kier alpha value is -3.58. The van der Waals surface area contributed by atoms with Crippen LogP contribution in [0.3, 0.4) is 0 Å². The van der Waals surface area contributed by atoms with Gasteiger partial charge in [-0.1, -0.05) is 49.2 Å². The van der Waals surface area contributed by atoms with Crippen LogP contribution in [0.5, 0.6) is 5.75 Å². The smallest absolute Gasteiger partial charge is 0.295 e. The molecule has 7 nitrogen and oxygen atoms in total. The van der Waals surface area contributed by atoms with Crippen LogP contribution in [0.15, 0.2) is 72.8 Å². The maximum Gasteiger partial charge on any atom is 0.295 e. The second kappa shape index (κ2) is 11.2. The number of aryl methyl sites for hydroxylation is 1. The second-order valence-corrected chi connectivity index (χ2v) is 8.87. The number of carbonyl (C=O) groups is 2. The van der Waals surface area contributed by atoms with Gasteiger partial charge in [0.25, 0.3) is 11.7 Å². The standard InChI is InChI=1S/C27H28ClN3O4/c1-2-3-15-35-22-10-5-8-20(17-22)25(32)23-24(19-7-4-9-21(28)16-19)31(27(34)26(23)33)13-6-12-30-14-11-29-18-30/h4-5,7-11,14,16-18,24,32H,2-3,6,12-13,15H2,1H3. The summed E-state index contributed by atoms with van der Waals surface area (Å²) in [5, 5.41) is 11.8. The maximum atomic E-state index is 13.2. The van der Waals surface area contributed by atoms with Crippen LogP contribution in [-0.4, -0.2) is 44.4 Å².